The number of aromatic nitrogens is 8. The Balaban J connectivity index is 0.000000148. The summed E-state index contributed by atoms with van der Waals surface area (Å²) in [5.74, 6) is -2.34. The molecule has 1 fully saturated rings. The average Bonchev–Trinajstić information content (AvgIpc) is 1.62. The minimum absolute atomic E-state index is 0.104. The Morgan fingerprint density at radius 3 is 1.07 bits per heavy atom. The van der Waals surface area contributed by atoms with Gasteiger partial charge >= 0.3 is 6.09 Å². The second-order valence-corrected chi connectivity index (χ2v) is 28.6. The number of methoxy groups -OCH3 is 1. The summed E-state index contributed by atoms with van der Waals surface area (Å²) in [4.78, 5) is 91.8. The van der Waals surface area contributed by atoms with Crippen molar-refractivity contribution in [3.05, 3.63) is 306 Å². The lowest BCUT2D eigenvalue weighted by atomic mass is 9.97. The number of hydrogen-bond acceptors (Lipinski definition) is 13. The quantitative estimate of drug-likeness (QED) is 0.0919. The van der Waals surface area contributed by atoms with Crippen molar-refractivity contribution < 1.29 is 46.7 Å². The van der Waals surface area contributed by atoms with E-state index in [1.165, 1.54) is 62.3 Å². The van der Waals surface area contributed by atoms with Crippen molar-refractivity contribution in [1.82, 2.24) is 75.1 Å². The summed E-state index contributed by atoms with van der Waals surface area (Å²) in [5, 5.41) is 23.8. The molecule has 4 aliphatic heterocycles. The summed E-state index contributed by atoms with van der Waals surface area (Å²) in [6, 6.07) is 50.0. The van der Waals surface area contributed by atoms with E-state index in [0.717, 1.165) is 71.6 Å². The molecule has 1 saturated heterocycles. The Labute approximate surface area is 664 Å². The molecule has 0 aliphatic carbocycles. The number of carbonyl (C=O) groups is 6. The second-order valence-electron chi connectivity index (χ2n) is 27.3. The molecule has 113 heavy (non-hydrogen) atoms. The number of benzene rings is 6. The summed E-state index contributed by atoms with van der Waals surface area (Å²) < 4.78 is 50.8. The van der Waals surface area contributed by atoms with Gasteiger partial charge in [0.2, 0.25) is 11.8 Å². The molecule has 6 aromatic carbocycles. The van der Waals surface area contributed by atoms with E-state index in [1.54, 1.807) is 127 Å². The molecular formula is C85H77Cl3F3N15O7. The highest BCUT2D eigenvalue weighted by molar-refractivity contribution is 6.31. The first-order valence-electron chi connectivity index (χ1n) is 36.4. The molecule has 6 amide bonds. The van der Waals surface area contributed by atoms with Gasteiger partial charge in [-0.2, -0.15) is 15.3 Å². The van der Waals surface area contributed by atoms with Crippen LogP contribution in [0.4, 0.5) is 18.0 Å². The van der Waals surface area contributed by atoms with E-state index in [9.17, 15) is 41.9 Å². The lowest BCUT2D eigenvalue weighted by Crippen LogP contribution is -2.45. The van der Waals surface area contributed by atoms with Gasteiger partial charge < -0.3 is 25.2 Å². The minimum atomic E-state index is -0.543. The van der Waals surface area contributed by atoms with Crippen LogP contribution >= 0.6 is 34.8 Å². The van der Waals surface area contributed by atoms with Gasteiger partial charge in [-0.1, -0.05) is 89.8 Å². The molecule has 0 spiro atoms. The van der Waals surface area contributed by atoms with Crippen molar-refractivity contribution in [2.75, 3.05) is 39.8 Å². The van der Waals surface area contributed by atoms with Gasteiger partial charge in [0.15, 0.2) is 17.1 Å². The molecule has 15 rings (SSSR count). The number of nitrogens with one attached hydrogen (secondary N) is 3. The molecule has 4 aliphatic rings. The van der Waals surface area contributed by atoms with Crippen LogP contribution in [0.3, 0.4) is 0 Å². The Hall–Kier alpha value is -12.3. The minimum Gasteiger partial charge on any atom is -0.453 e. The largest absolute Gasteiger partial charge is 0.453 e. The third-order valence-electron chi connectivity index (χ3n) is 19.4. The number of piperidine rings is 1. The van der Waals surface area contributed by atoms with Gasteiger partial charge in [-0.25, -0.2) is 37.0 Å². The number of ether oxygens (including phenoxy) is 1. The number of halogens is 6. The highest BCUT2D eigenvalue weighted by Crippen LogP contribution is 2.39. The maximum absolute atomic E-state index is 13.6. The smallest absolute Gasteiger partial charge is 0.410 e. The molecule has 9 heterocycles. The van der Waals surface area contributed by atoms with Crippen molar-refractivity contribution in [3.63, 3.8) is 0 Å². The van der Waals surface area contributed by atoms with Crippen LogP contribution in [-0.4, -0.2) is 134 Å². The Morgan fingerprint density at radius 1 is 0.425 bits per heavy atom. The summed E-state index contributed by atoms with van der Waals surface area (Å²) in [7, 11) is 1.31. The van der Waals surface area contributed by atoms with Crippen LogP contribution in [0.2, 0.25) is 15.1 Å². The summed E-state index contributed by atoms with van der Waals surface area (Å²) >= 11 is 18.4. The number of hydrazine groups is 1. The third kappa shape index (κ3) is 18.7. The first-order valence-corrected chi connectivity index (χ1v) is 37.5. The molecule has 22 nitrogen and oxygen atoms in total. The molecule has 28 heteroatoms. The zero-order valence-corrected chi connectivity index (χ0v) is 64.4. The first kappa shape index (κ1) is 78.8. The molecule has 2 atom stereocenters. The maximum Gasteiger partial charge on any atom is 0.410 e. The van der Waals surface area contributed by atoms with Crippen molar-refractivity contribution in [3.8, 4) is 17.1 Å². The predicted molar refractivity (Wildman–Crippen MR) is 427 cm³/mol. The first-order chi connectivity index (χ1) is 54.5. The normalized spacial score (nSPS) is 15.5. The Kier molecular flexibility index (Phi) is 24.7. The standard InChI is InChI=1S/C29H25ClFN5O3.C29H25ClFN5O2.C27H27ClFN5O2/c1-18(25-5-3-4-14-32-25)33-28(37)26-24-17-35(29(38)39-2)16-20(15-19-6-10-22(31)11-7-19)27(24)36(34-26)23-12-8-21(30)9-13-23;1-18(26-5-3-4-14-32-26)33-29(38)27-25-17-35(19(2)37)16-21(15-20-6-10-23(31)11-7-20)28(25)36(34-27)24-12-8-22(30)9-13-24;1-18(35)32-16-20(15-19-5-9-22(29)10-6-19)26-24(17-32)25(27(36)31-33-13-3-2-4-14-33)30-34(26)23-11-7-21(28)8-12-23/h3-15,18H,16-17H2,1-2H3,(H,33,37);3-15,18H,16-17H2,1-2H3,(H,33,38);5-12,15H,2-4,13-14,16-17H2,1H3,(H,31,36)/b20-15+;21-15+;20-15+. The van der Waals surface area contributed by atoms with Gasteiger partial charge in [0.1, 0.15) is 17.5 Å². The number of pyridine rings is 2. The highest BCUT2D eigenvalue weighted by Gasteiger charge is 2.38. The van der Waals surface area contributed by atoms with Crippen LogP contribution in [0.15, 0.2) is 194 Å². The van der Waals surface area contributed by atoms with Gasteiger partial charge in [-0.3, -0.25) is 44.3 Å². The lowest BCUT2D eigenvalue weighted by molar-refractivity contribution is -0.129. The number of fused-ring (bicyclic) bond motifs is 3. The van der Waals surface area contributed by atoms with Crippen LogP contribution in [0, 0.1) is 17.5 Å². The van der Waals surface area contributed by atoms with E-state index in [-0.39, 0.29) is 96.4 Å². The zero-order valence-electron chi connectivity index (χ0n) is 62.1. The molecule has 576 valence electrons. The van der Waals surface area contributed by atoms with Gasteiger partial charge in [0.05, 0.1) is 90.9 Å². The SMILES string of the molecule is CC(=O)N1C/C(=C\c2ccc(F)cc2)c2c(c(C(=O)NC(C)c3ccccn3)nn2-c2ccc(Cl)cc2)C1.CC(=O)N1C/C(=C\c2ccc(F)cc2)c2c(c(C(=O)NN3CCCCC3)nn2-c2ccc(Cl)cc2)C1.COC(=O)N1C/C(=C\c2ccc(F)cc2)c2c(c(C(=O)NC(C)c3ccccn3)nn2-c2ccc(Cl)cc2)C1. The van der Waals surface area contributed by atoms with E-state index in [4.69, 9.17) is 54.8 Å². The predicted octanol–water partition coefficient (Wildman–Crippen LogP) is 15.8. The van der Waals surface area contributed by atoms with E-state index >= 15 is 0 Å². The van der Waals surface area contributed by atoms with Crippen molar-refractivity contribution in [2.45, 2.75) is 78.7 Å². The summed E-state index contributed by atoms with van der Waals surface area (Å²) in [5.41, 5.74) is 15.8. The summed E-state index contributed by atoms with van der Waals surface area (Å²) in [6.45, 7) is 9.72. The number of nitrogens with zero attached hydrogens (tertiary/aromatic N) is 12. The van der Waals surface area contributed by atoms with Crippen LogP contribution in [0.5, 0.6) is 0 Å². The molecular weight excluding hydrogens is 1510 g/mol. The van der Waals surface area contributed by atoms with Gasteiger partial charge in [-0.15, -0.1) is 0 Å². The molecule has 3 N–H and O–H groups in total. The number of rotatable bonds is 14. The zero-order chi connectivity index (χ0) is 79.6. The lowest BCUT2D eigenvalue weighted by Gasteiger charge is -2.29. The molecule has 11 aromatic rings. The monoisotopic (exact) mass is 1580 g/mol. The fraction of sp³-hybridized carbons (Fsp3) is 0.212. The Morgan fingerprint density at radius 2 is 0.752 bits per heavy atom. The van der Waals surface area contributed by atoms with E-state index in [1.807, 2.05) is 91.7 Å². The van der Waals surface area contributed by atoms with Crippen molar-refractivity contribution in [2.24, 2.45) is 0 Å². The van der Waals surface area contributed by atoms with Crippen molar-refractivity contribution in [1.29, 1.82) is 0 Å². The molecule has 5 aromatic heterocycles. The number of hydrogen-bond donors (Lipinski definition) is 3. The summed E-state index contributed by atoms with van der Waals surface area (Å²) in [6.07, 6.45) is 11.6. The van der Waals surface area contributed by atoms with Crippen LogP contribution in [0.25, 0.3) is 52.0 Å². The van der Waals surface area contributed by atoms with E-state index < -0.39 is 12.0 Å². The van der Waals surface area contributed by atoms with Gasteiger partial charge in [-0.05, 0) is 212 Å². The van der Waals surface area contributed by atoms with Gasteiger partial charge in [0, 0.05) is 84.2 Å². The maximum atomic E-state index is 13.6. The third-order valence-corrected chi connectivity index (χ3v) is 20.1. The highest BCUT2D eigenvalue weighted by atomic mass is 35.5. The molecule has 0 bridgehead atoms. The Bertz CT molecular complexity index is 5430. The topological polar surface area (TPSA) is 240 Å². The van der Waals surface area contributed by atoms with E-state index in [0.29, 0.717) is 84.6 Å². The van der Waals surface area contributed by atoms with E-state index in [2.05, 4.69) is 26.0 Å². The van der Waals surface area contributed by atoms with Crippen LogP contribution in [-0.2, 0) is 34.0 Å². The second kappa shape index (κ2) is 35.4. The molecule has 2 unspecified atom stereocenters. The number of carbonyl (C=O) groups excluding carboxylic acids is 6. The van der Waals surface area contributed by atoms with Gasteiger partial charge in [0.25, 0.3) is 17.7 Å². The van der Waals surface area contributed by atoms with Crippen LogP contribution in [0.1, 0.15) is 152 Å². The molecule has 0 radical (unpaired) electrons. The van der Waals surface area contributed by atoms with Crippen molar-refractivity contribution >= 4 is 105 Å². The van der Waals surface area contributed by atoms with Crippen LogP contribution < -0.4 is 16.1 Å². The fourth-order valence-corrected chi connectivity index (χ4v) is 14.1. The average molecular weight is 1580 g/mol. The molecule has 0 saturated carbocycles. The fourth-order valence-electron chi connectivity index (χ4n) is 13.7. The number of amides is 6.